The molecule has 146 valence electrons. The van der Waals surface area contributed by atoms with Crippen molar-refractivity contribution in [3.63, 3.8) is 0 Å². The van der Waals surface area contributed by atoms with E-state index in [0.717, 1.165) is 23.4 Å². The topological polar surface area (TPSA) is 50.8 Å². The number of rotatable bonds is 8. The zero-order chi connectivity index (χ0) is 19.9. The molecule has 0 saturated heterocycles. The quantitative estimate of drug-likeness (QED) is 0.754. The Morgan fingerprint density at radius 2 is 1.63 bits per heavy atom. The van der Waals surface area contributed by atoms with Gasteiger partial charge in [-0.15, -0.1) is 13.2 Å². The number of likely N-dealkylation sites (N-methyl/N-ethyl adjacent to an activating group) is 1. The fourth-order valence-corrected chi connectivity index (χ4v) is 2.22. The van der Waals surface area contributed by atoms with Crippen molar-refractivity contribution >= 4 is 11.6 Å². The third kappa shape index (κ3) is 8.00. The number of benzene rings is 2. The minimum Gasteiger partial charge on any atom is -0.492 e. The molecule has 27 heavy (non-hydrogen) atoms. The van der Waals surface area contributed by atoms with E-state index >= 15 is 0 Å². The van der Waals surface area contributed by atoms with Gasteiger partial charge >= 0.3 is 6.36 Å². The third-order valence-corrected chi connectivity index (χ3v) is 3.55. The summed E-state index contributed by atoms with van der Waals surface area (Å²) in [5.41, 5.74) is 1.54. The molecule has 0 bridgehead atoms. The maximum Gasteiger partial charge on any atom is 0.573 e. The molecule has 2 aromatic carbocycles. The van der Waals surface area contributed by atoms with Gasteiger partial charge in [0.15, 0.2) is 0 Å². The van der Waals surface area contributed by atoms with Crippen LogP contribution in [0.4, 0.5) is 18.9 Å². The van der Waals surface area contributed by atoms with Gasteiger partial charge in [0, 0.05) is 12.2 Å². The van der Waals surface area contributed by atoms with Crippen LogP contribution in [0, 0.1) is 6.92 Å². The van der Waals surface area contributed by atoms with Crippen molar-refractivity contribution in [3.8, 4) is 11.5 Å². The van der Waals surface area contributed by atoms with E-state index in [1.807, 2.05) is 31.2 Å². The molecule has 2 aromatic rings. The van der Waals surface area contributed by atoms with Crippen molar-refractivity contribution in [2.75, 3.05) is 32.1 Å². The van der Waals surface area contributed by atoms with E-state index in [2.05, 4.69) is 10.1 Å². The smallest absolute Gasteiger partial charge is 0.492 e. The summed E-state index contributed by atoms with van der Waals surface area (Å²) in [6.45, 7) is 3.08. The number of nitrogens with zero attached hydrogens (tertiary/aromatic N) is 1. The summed E-state index contributed by atoms with van der Waals surface area (Å²) in [7, 11) is 1.78. The summed E-state index contributed by atoms with van der Waals surface area (Å²) in [6.07, 6.45) is -4.74. The van der Waals surface area contributed by atoms with Crippen LogP contribution in [0.3, 0.4) is 0 Å². The lowest BCUT2D eigenvalue weighted by Crippen LogP contribution is -2.33. The van der Waals surface area contributed by atoms with Gasteiger partial charge in [0.05, 0.1) is 6.54 Å². The van der Waals surface area contributed by atoms with Crippen LogP contribution < -0.4 is 14.8 Å². The highest BCUT2D eigenvalue weighted by Crippen LogP contribution is 2.23. The Hall–Kier alpha value is -2.74. The number of alkyl halides is 3. The van der Waals surface area contributed by atoms with E-state index in [-0.39, 0.29) is 18.2 Å². The summed E-state index contributed by atoms with van der Waals surface area (Å²) < 4.78 is 45.7. The number of hydrogen-bond donors (Lipinski definition) is 1. The summed E-state index contributed by atoms with van der Waals surface area (Å²) in [6, 6.07) is 12.7. The predicted octanol–water partition coefficient (Wildman–Crippen LogP) is 3.84. The van der Waals surface area contributed by atoms with Crippen molar-refractivity contribution in [2.45, 2.75) is 13.3 Å². The lowest BCUT2D eigenvalue weighted by molar-refractivity contribution is -0.274. The third-order valence-electron chi connectivity index (χ3n) is 3.55. The molecular weight excluding hydrogens is 361 g/mol. The summed E-state index contributed by atoms with van der Waals surface area (Å²) >= 11 is 0. The number of aryl methyl sites for hydroxylation is 1. The number of halogens is 3. The minimum atomic E-state index is -4.74. The second-order valence-electron chi connectivity index (χ2n) is 6.02. The number of carbonyl (C=O) groups is 1. The lowest BCUT2D eigenvalue weighted by atomic mass is 10.2. The first kappa shape index (κ1) is 20.6. The highest BCUT2D eigenvalue weighted by Gasteiger charge is 2.30. The van der Waals surface area contributed by atoms with Crippen LogP contribution in [0.2, 0.25) is 0 Å². The van der Waals surface area contributed by atoms with Crippen LogP contribution in [-0.2, 0) is 4.79 Å². The molecule has 8 heteroatoms. The van der Waals surface area contributed by atoms with Crippen molar-refractivity contribution in [2.24, 2.45) is 0 Å². The highest BCUT2D eigenvalue weighted by atomic mass is 19.4. The molecular formula is C19H21F3N2O3. The highest BCUT2D eigenvalue weighted by molar-refractivity contribution is 5.92. The number of nitrogens with one attached hydrogen (secondary N) is 1. The molecule has 0 aromatic heterocycles. The van der Waals surface area contributed by atoms with E-state index in [0.29, 0.717) is 18.8 Å². The summed E-state index contributed by atoms with van der Waals surface area (Å²) in [4.78, 5) is 13.8. The zero-order valence-corrected chi connectivity index (χ0v) is 15.0. The second-order valence-corrected chi connectivity index (χ2v) is 6.02. The number of anilines is 1. The standard InChI is InChI=1S/C19H21F3N2O3/c1-14-3-7-16(8-4-14)26-12-11-24(2)13-18(25)23-15-5-9-17(10-6-15)27-19(20,21)22/h3-10H,11-13H2,1-2H3,(H,23,25). The molecule has 1 amide bonds. The Labute approximate surface area is 155 Å². The van der Waals surface area contributed by atoms with Crippen LogP contribution in [0.5, 0.6) is 11.5 Å². The van der Waals surface area contributed by atoms with Crippen molar-refractivity contribution in [1.82, 2.24) is 4.90 Å². The Morgan fingerprint density at radius 3 is 2.22 bits per heavy atom. The Balaban J connectivity index is 1.72. The monoisotopic (exact) mass is 382 g/mol. The Bertz CT molecular complexity index is 731. The molecule has 0 aliphatic heterocycles. The van der Waals surface area contributed by atoms with Crippen LogP contribution >= 0.6 is 0 Å². The normalized spacial score (nSPS) is 11.3. The van der Waals surface area contributed by atoms with Gasteiger partial charge in [-0.2, -0.15) is 0 Å². The average molecular weight is 382 g/mol. The minimum absolute atomic E-state index is 0.123. The molecule has 0 aliphatic rings. The first-order chi connectivity index (χ1) is 12.7. The lowest BCUT2D eigenvalue weighted by Gasteiger charge is -2.17. The molecule has 5 nitrogen and oxygen atoms in total. The molecule has 0 radical (unpaired) electrons. The zero-order valence-electron chi connectivity index (χ0n) is 15.0. The van der Waals surface area contributed by atoms with E-state index < -0.39 is 6.36 Å². The maximum absolute atomic E-state index is 12.1. The largest absolute Gasteiger partial charge is 0.573 e. The van der Waals surface area contributed by atoms with Gasteiger partial charge in [0.1, 0.15) is 18.1 Å². The molecule has 0 spiro atoms. The van der Waals surface area contributed by atoms with Gasteiger partial charge in [-0.05, 0) is 50.4 Å². The first-order valence-corrected chi connectivity index (χ1v) is 8.25. The number of amides is 1. The molecule has 0 unspecified atom stereocenters. The molecule has 1 N–H and O–H groups in total. The van der Waals surface area contributed by atoms with E-state index in [1.165, 1.54) is 12.1 Å². The van der Waals surface area contributed by atoms with E-state index in [1.54, 1.807) is 11.9 Å². The number of ether oxygens (including phenoxy) is 2. The summed E-state index contributed by atoms with van der Waals surface area (Å²) in [5.74, 6) is 0.141. The van der Waals surface area contributed by atoms with Gasteiger partial charge < -0.3 is 14.8 Å². The van der Waals surface area contributed by atoms with E-state index in [9.17, 15) is 18.0 Å². The van der Waals surface area contributed by atoms with Crippen LogP contribution in [0.25, 0.3) is 0 Å². The van der Waals surface area contributed by atoms with Crippen LogP contribution in [0.15, 0.2) is 48.5 Å². The molecule has 0 aliphatic carbocycles. The Kier molecular flexibility index (Phi) is 7.06. The Morgan fingerprint density at radius 1 is 1.04 bits per heavy atom. The van der Waals surface area contributed by atoms with Crippen molar-refractivity contribution < 1.29 is 27.4 Å². The predicted molar refractivity (Wildman–Crippen MR) is 95.9 cm³/mol. The van der Waals surface area contributed by atoms with Gasteiger partial charge in [-0.1, -0.05) is 17.7 Å². The molecule has 0 atom stereocenters. The fourth-order valence-electron chi connectivity index (χ4n) is 2.22. The van der Waals surface area contributed by atoms with Gasteiger partial charge in [-0.3, -0.25) is 9.69 Å². The van der Waals surface area contributed by atoms with Gasteiger partial charge in [0.25, 0.3) is 0 Å². The van der Waals surface area contributed by atoms with Crippen LogP contribution in [0.1, 0.15) is 5.56 Å². The molecule has 0 fully saturated rings. The van der Waals surface area contributed by atoms with E-state index in [4.69, 9.17) is 4.74 Å². The number of carbonyl (C=O) groups excluding carboxylic acids is 1. The summed E-state index contributed by atoms with van der Waals surface area (Å²) in [5, 5.41) is 2.62. The fraction of sp³-hybridized carbons (Fsp3) is 0.316. The van der Waals surface area contributed by atoms with Crippen molar-refractivity contribution in [1.29, 1.82) is 0 Å². The molecule has 2 rings (SSSR count). The van der Waals surface area contributed by atoms with Crippen LogP contribution in [-0.4, -0.2) is 43.9 Å². The molecule has 0 heterocycles. The molecule has 0 saturated carbocycles. The second kappa shape index (κ2) is 9.27. The maximum atomic E-state index is 12.1. The number of hydrogen-bond acceptors (Lipinski definition) is 4. The first-order valence-electron chi connectivity index (χ1n) is 8.25. The van der Waals surface area contributed by atoms with Gasteiger partial charge in [-0.25, -0.2) is 0 Å². The van der Waals surface area contributed by atoms with Gasteiger partial charge in [0.2, 0.25) is 5.91 Å². The van der Waals surface area contributed by atoms with Crippen molar-refractivity contribution in [3.05, 3.63) is 54.1 Å². The average Bonchev–Trinajstić information content (AvgIpc) is 2.57. The SMILES string of the molecule is Cc1ccc(OCCN(C)CC(=O)Nc2ccc(OC(F)(F)F)cc2)cc1.